The second-order valence-electron chi connectivity index (χ2n) is 6.80. The standard InChI is InChI=1S/C20H20N4O2S/c21-11-16-17(22)9-10-18-19(16)14-3-1-2-4-15(14)20(24-18)12-5-7-13(8-6-12)27(23,25)26/h5-11,21H,1-4,22H2,(H2,23,25,26). The molecule has 0 unspecified atom stereocenters. The van der Waals surface area contributed by atoms with Gasteiger partial charge in [-0.3, -0.25) is 0 Å². The molecule has 0 aliphatic heterocycles. The smallest absolute Gasteiger partial charge is 0.238 e. The predicted octanol–water partition coefficient (Wildman–Crippen LogP) is 3.01. The van der Waals surface area contributed by atoms with Crippen molar-refractivity contribution in [2.75, 3.05) is 5.73 Å². The number of nitrogens with zero attached hydrogens (tertiary/aromatic N) is 1. The molecule has 0 radical (unpaired) electrons. The number of primary sulfonamides is 1. The highest BCUT2D eigenvalue weighted by atomic mass is 32.2. The fourth-order valence-corrected chi connectivity index (χ4v) is 4.38. The largest absolute Gasteiger partial charge is 0.398 e. The molecule has 5 N–H and O–H groups in total. The highest BCUT2D eigenvalue weighted by Gasteiger charge is 2.21. The average Bonchev–Trinajstić information content (AvgIpc) is 2.67. The number of hydrogen-bond acceptors (Lipinski definition) is 5. The van der Waals surface area contributed by atoms with Crippen LogP contribution in [-0.2, 0) is 22.9 Å². The molecule has 0 fully saturated rings. The molecule has 138 valence electrons. The lowest BCUT2D eigenvalue weighted by Crippen LogP contribution is -2.12. The highest BCUT2D eigenvalue weighted by molar-refractivity contribution is 7.89. The van der Waals surface area contributed by atoms with Crippen LogP contribution in [0.5, 0.6) is 0 Å². The molecule has 0 spiro atoms. The van der Waals surface area contributed by atoms with Crippen LogP contribution in [-0.4, -0.2) is 19.6 Å². The Morgan fingerprint density at radius 3 is 2.30 bits per heavy atom. The van der Waals surface area contributed by atoms with Crippen molar-refractivity contribution in [2.45, 2.75) is 30.6 Å². The minimum Gasteiger partial charge on any atom is -0.398 e. The van der Waals surface area contributed by atoms with E-state index in [1.807, 2.05) is 6.07 Å². The van der Waals surface area contributed by atoms with Gasteiger partial charge in [0.05, 0.1) is 16.1 Å². The van der Waals surface area contributed by atoms with E-state index in [1.165, 1.54) is 23.9 Å². The molecule has 1 aromatic heterocycles. The maximum atomic E-state index is 11.5. The maximum absolute atomic E-state index is 11.5. The fourth-order valence-electron chi connectivity index (χ4n) is 3.86. The lowest BCUT2D eigenvalue weighted by molar-refractivity contribution is 0.598. The van der Waals surface area contributed by atoms with E-state index in [2.05, 4.69) is 0 Å². The molecular formula is C20H20N4O2S. The summed E-state index contributed by atoms with van der Waals surface area (Å²) in [5.41, 5.74) is 12.3. The number of fused-ring (bicyclic) bond motifs is 3. The van der Waals surface area contributed by atoms with Gasteiger partial charge < -0.3 is 11.1 Å². The maximum Gasteiger partial charge on any atom is 0.238 e. The molecule has 1 aliphatic rings. The van der Waals surface area contributed by atoms with Gasteiger partial charge in [-0.25, -0.2) is 18.5 Å². The van der Waals surface area contributed by atoms with Crippen molar-refractivity contribution in [2.24, 2.45) is 5.14 Å². The Hall–Kier alpha value is -2.77. The molecule has 4 rings (SSSR count). The number of nitrogens with one attached hydrogen (secondary N) is 1. The van der Waals surface area contributed by atoms with Crippen LogP contribution in [0.25, 0.3) is 22.2 Å². The number of benzene rings is 2. The molecule has 0 saturated heterocycles. The van der Waals surface area contributed by atoms with E-state index in [9.17, 15) is 8.42 Å². The van der Waals surface area contributed by atoms with Gasteiger partial charge in [0.1, 0.15) is 0 Å². The minimum atomic E-state index is -3.73. The number of nitrogens with two attached hydrogens (primary N) is 2. The number of aryl methyl sites for hydroxylation is 1. The van der Waals surface area contributed by atoms with E-state index < -0.39 is 10.0 Å². The molecule has 27 heavy (non-hydrogen) atoms. The molecule has 0 saturated carbocycles. The second kappa shape index (κ2) is 6.44. The zero-order valence-electron chi connectivity index (χ0n) is 14.7. The molecule has 1 heterocycles. The van der Waals surface area contributed by atoms with Crippen molar-refractivity contribution in [1.29, 1.82) is 5.41 Å². The third kappa shape index (κ3) is 2.98. The average molecular weight is 380 g/mol. The van der Waals surface area contributed by atoms with Gasteiger partial charge in [0, 0.05) is 28.4 Å². The normalized spacial score (nSPS) is 14.1. The summed E-state index contributed by atoms with van der Waals surface area (Å²) in [6.45, 7) is 0. The van der Waals surface area contributed by atoms with Crippen LogP contribution in [0.2, 0.25) is 0 Å². The monoisotopic (exact) mass is 380 g/mol. The number of nitrogen functional groups attached to an aromatic ring is 1. The van der Waals surface area contributed by atoms with Gasteiger partial charge in [-0.1, -0.05) is 12.1 Å². The summed E-state index contributed by atoms with van der Waals surface area (Å²) >= 11 is 0. The van der Waals surface area contributed by atoms with Crippen molar-refractivity contribution < 1.29 is 8.42 Å². The molecule has 0 amide bonds. The Morgan fingerprint density at radius 1 is 1.00 bits per heavy atom. The Balaban J connectivity index is 1.99. The number of anilines is 1. The molecule has 0 bridgehead atoms. The van der Waals surface area contributed by atoms with Crippen LogP contribution in [0.3, 0.4) is 0 Å². The summed E-state index contributed by atoms with van der Waals surface area (Å²) in [4.78, 5) is 4.94. The van der Waals surface area contributed by atoms with Crippen molar-refractivity contribution in [3.63, 3.8) is 0 Å². The molecule has 3 aromatic rings. The van der Waals surface area contributed by atoms with Crippen molar-refractivity contribution in [3.05, 3.63) is 53.1 Å². The van der Waals surface area contributed by atoms with Crippen LogP contribution in [0.1, 0.15) is 29.5 Å². The third-order valence-corrected chi connectivity index (χ3v) is 6.07. The van der Waals surface area contributed by atoms with Crippen LogP contribution in [0, 0.1) is 5.41 Å². The highest BCUT2D eigenvalue weighted by Crippen LogP contribution is 2.37. The first-order chi connectivity index (χ1) is 12.9. The summed E-state index contributed by atoms with van der Waals surface area (Å²) in [7, 11) is -3.73. The van der Waals surface area contributed by atoms with Crippen molar-refractivity contribution in [1.82, 2.24) is 4.98 Å². The second-order valence-corrected chi connectivity index (χ2v) is 8.36. The van der Waals surface area contributed by atoms with E-state index in [-0.39, 0.29) is 4.90 Å². The zero-order valence-corrected chi connectivity index (χ0v) is 15.5. The van der Waals surface area contributed by atoms with Crippen molar-refractivity contribution in [3.8, 4) is 11.3 Å². The summed E-state index contributed by atoms with van der Waals surface area (Å²) in [6.07, 6.45) is 5.28. The quantitative estimate of drug-likeness (QED) is 0.477. The van der Waals surface area contributed by atoms with Crippen molar-refractivity contribution >= 4 is 32.8 Å². The molecule has 2 aromatic carbocycles. The van der Waals surface area contributed by atoms with Gasteiger partial charge in [-0.15, -0.1) is 0 Å². The van der Waals surface area contributed by atoms with Gasteiger partial charge in [-0.2, -0.15) is 0 Å². The number of rotatable bonds is 3. The number of hydrogen-bond donors (Lipinski definition) is 3. The molecular weight excluding hydrogens is 360 g/mol. The SMILES string of the molecule is N=Cc1c(N)ccc2nc(-c3ccc(S(N)(=O)=O)cc3)c3c(c12)CCCC3. The lowest BCUT2D eigenvalue weighted by atomic mass is 9.85. The summed E-state index contributed by atoms with van der Waals surface area (Å²) in [6, 6.07) is 10.2. The van der Waals surface area contributed by atoms with Gasteiger partial charge in [0.2, 0.25) is 10.0 Å². The summed E-state index contributed by atoms with van der Waals surface area (Å²) in [5.74, 6) is 0. The predicted molar refractivity (Wildman–Crippen MR) is 107 cm³/mol. The number of pyridine rings is 1. The van der Waals surface area contributed by atoms with E-state index in [0.29, 0.717) is 11.3 Å². The number of aromatic nitrogens is 1. The van der Waals surface area contributed by atoms with Gasteiger partial charge in [-0.05, 0) is 61.1 Å². The Kier molecular flexibility index (Phi) is 4.20. The summed E-state index contributed by atoms with van der Waals surface area (Å²) < 4.78 is 23.0. The van der Waals surface area contributed by atoms with Crippen LogP contribution >= 0.6 is 0 Å². The van der Waals surface area contributed by atoms with Gasteiger partial charge >= 0.3 is 0 Å². The summed E-state index contributed by atoms with van der Waals surface area (Å²) in [5, 5.41) is 13.9. The van der Waals surface area contributed by atoms with E-state index >= 15 is 0 Å². The third-order valence-electron chi connectivity index (χ3n) is 5.15. The molecule has 6 nitrogen and oxygen atoms in total. The number of sulfonamides is 1. The van der Waals surface area contributed by atoms with E-state index in [0.717, 1.165) is 53.4 Å². The van der Waals surface area contributed by atoms with Crippen LogP contribution in [0.4, 0.5) is 5.69 Å². The topological polar surface area (TPSA) is 123 Å². The van der Waals surface area contributed by atoms with Gasteiger partial charge in [0.25, 0.3) is 0 Å². The van der Waals surface area contributed by atoms with E-state index in [1.54, 1.807) is 18.2 Å². The lowest BCUT2D eigenvalue weighted by Gasteiger charge is -2.22. The Labute approximate surface area is 157 Å². The first-order valence-corrected chi connectivity index (χ1v) is 10.3. The molecule has 0 atom stereocenters. The van der Waals surface area contributed by atoms with Crippen LogP contribution in [0.15, 0.2) is 41.3 Å². The fraction of sp³-hybridized carbons (Fsp3) is 0.200. The minimum absolute atomic E-state index is 0.0831. The van der Waals surface area contributed by atoms with E-state index in [4.69, 9.17) is 21.3 Å². The van der Waals surface area contributed by atoms with Crippen LogP contribution < -0.4 is 10.9 Å². The van der Waals surface area contributed by atoms with Gasteiger partial charge in [0.15, 0.2) is 0 Å². The Morgan fingerprint density at radius 2 is 1.67 bits per heavy atom. The molecule has 1 aliphatic carbocycles. The zero-order chi connectivity index (χ0) is 19.2. The Bertz CT molecular complexity index is 1170. The first kappa shape index (κ1) is 17.6. The molecule has 7 heteroatoms. The first-order valence-electron chi connectivity index (χ1n) is 8.78.